The summed E-state index contributed by atoms with van der Waals surface area (Å²) in [7, 11) is 1.86. The first-order chi connectivity index (χ1) is 7.47. The molecule has 1 aromatic rings. The predicted molar refractivity (Wildman–Crippen MR) is 65.2 cm³/mol. The fraction of sp³-hybridized carbons (Fsp3) is 0.636. The highest BCUT2D eigenvalue weighted by Gasteiger charge is 2.19. The van der Waals surface area contributed by atoms with Gasteiger partial charge in [-0.05, 0) is 36.2 Å². The van der Waals surface area contributed by atoms with Crippen molar-refractivity contribution in [3.8, 4) is 0 Å². The van der Waals surface area contributed by atoms with Crippen molar-refractivity contribution in [2.24, 2.45) is 13.0 Å². The summed E-state index contributed by atoms with van der Waals surface area (Å²) in [5, 5.41) is 13.2. The summed E-state index contributed by atoms with van der Waals surface area (Å²) < 4.78 is 2.74. The molecule has 0 saturated carbocycles. The molecule has 0 amide bonds. The van der Waals surface area contributed by atoms with E-state index in [1.54, 1.807) is 11.6 Å². The molecule has 90 valence electrons. The Morgan fingerprint density at radius 3 is 2.62 bits per heavy atom. The number of ketones is 1. The smallest absolute Gasteiger partial charge is 0.133 e. The number of aliphatic hydroxyl groups excluding tert-OH is 1. The summed E-state index contributed by atoms with van der Waals surface area (Å²) in [6, 6.07) is 0. The van der Waals surface area contributed by atoms with Crippen LogP contribution >= 0.6 is 15.9 Å². The Morgan fingerprint density at radius 2 is 2.25 bits per heavy atom. The van der Waals surface area contributed by atoms with E-state index in [1.807, 2.05) is 14.0 Å². The average Bonchev–Trinajstić information content (AvgIpc) is 2.43. The maximum Gasteiger partial charge on any atom is 0.133 e. The van der Waals surface area contributed by atoms with Gasteiger partial charge in [-0.1, -0.05) is 0 Å². The van der Waals surface area contributed by atoms with Crippen LogP contribution in [0.15, 0.2) is 4.47 Å². The second-order valence-electron chi connectivity index (χ2n) is 3.99. The van der Waals surface area contributed by atoms with Gasteiger partial charge in [0.1, 0.15) is 5.78 Å². The number of aryl methyl sites for hydroxylation is 2. The molecule has 0 radical (unpaired) electrons. The first-order valence-electron chi connectivity index (χ1n) is 5.26. The first-order valence-corrected chi connectivity index (χ1v) is 6.06. The van der Waals surface area contributed by atoms with E-state index in [4.69, 9.17) is 5.11 Å². The summed E-state index contributed by atoms with van der Waals surface area (Å²) in [5.41, 5.74) is 1.93. The van der Waals surface area contributed by atoms with Gasteiger partial charge in [-0.3, -0.25) is 9.48 Å². The van der Waals surface area contributed by atoms with E-state index in [9.17, 15) is 4.79 Å². The van der Waals surface area contributed by atoms with Gasteiger partial charge in [0.15, 0.2) is 0 Å². The summed E-state index contributed by atoms with van der Waals surface area (Å²) in [5.74, 6) is -0.0177. The van der Waals surface area contributed by atoms with Crippen LogP contribution in [0.5, 0.6) is 0 Å². The molecule has 0 bridgehead atoms. The maximum absolute atomic E-state index is 11.4. The van der Waals surface area contributed by atoms with Gasteiger partial charge in [0.25, 0.3) is 0 Å². The second kappa shape index (κ2) is 5.59. The second-order valence-corrected chi connectivity index (χ2v) is 4.79. The number of halogens is 1. The monoisotopic (exact) mass is 288 g/mol. The Balaban J connectivity index is 2.88. The van der Waals surface area contributed by atoms with E-state index in [0.717, 1.165) is 15.9 Å². The van der Waals surface area contributed by atoms with Crippen LogP contribution in [0.25, 0.3) is 0 Å². The van der Waals surface area contributed by atoms with Crippen molar-refractivity contribution in [3.05, 3.63) is 15.9 Å². The number of aromatic nitrogens is 2. The number of aliphatic hydroxyl groups is 1. The Hall–Kier alpha value is -0.680. The molecule has 1 atom stereocenters. The van der Waals surface area contributed by atoms with Gasteiger partial charge in [0, 0.05) is 26.0 Å². The molecule has 0 aliphatic rings. The molecule has 0 fully saturated rings. The third-order valence-corrected chi connectivity index (χ3v) is 3.79. The number of carbonyl (C=O) groups is 1. The minimum Gasteiger partial charge on any atom is -0.396 e. The number of hydrogen-bond donors (Lipinski definition) is 1. The van der Waals surface area contributed by atoms with Crippen LogP contribution in [0.2, 0.25) is 0 Å². The minimum atomic E-state index is -0.129. The van der Waals surface area contributed by atoms with Gasteiger partial charge in [-0.25, -0.2) is 0 Å². The lowest BCUT2D eigenvalue weighted by Crippen LogP contribution is -2.17. The zero-order chi connectivity index (χ0) is 12.3. The summed E-state index contributed by atoms with van der Waals surface area (Å²) in [6.45, 7) is 3.53. The van der Waals surface area contributed by atoms with Gasteiger partial charge >= 0.3 is 0 Å². The fourth-order valence-corrected chi connectivity index (χ4v) is 2.24. The van der Waals surface area contributed by atoms with Gasteiger partial charge in [0.05, 0.1) is 15.9 Å². The molecule has 1 heterocycles. The number of Topliss-reactive ketones (excluding diaryl/α,β-unsaturated/α-hetero) is 1. The Kier molecular flexibility index (Phi) is 4.68. The van der Waals surface area contributed by atoms with Crippen LogP contribution < -0.4 is 0 Å². The number of nitrogens with zero attached hydrogens (tertiary/aromatic N) is 2. The van der Waals surface area contributed by atoms with Crippen molar-refractivity contribution in [1.82, 2.24) is 9.78 Å². The number of rotatable bonds is 5. The molecule has 1 aromatic heterocycles. The van der Waals surface area contributed by atoms with E-state index in [-0.39, 0.29) is 18.3 Å². The van der Waals surface area contributed by atoms with Crippen molar-refractivity contribution in [2.45, 2.75) is 26.7 Å². The minimum absolute atomic E-state index is 0.0404. The van der Waals surface area contributed by atoms with E-state index in [1.165, 1.54) is 0 Å². The summed E-state index contributed by atoms with van der Waals surface area (Å²) in [4.78, 5) is 11.4. The highest BCUT2D eigenvalue weighted by Crippen LogP contribution is 2.24. The van der Waals surface area contributed by atoms with E-state index >= 15 is 0 Å². The van der Waals surface area contributed by atoms with Crippen molar-refractivity contribution in [2.75, 3.05) is 6.61 Å². The van der Waals surface area contributed by atoms with Gasteiger partial charge in [0.2, 0.25) is 0 Å². The molecule has 1 unspecified atom stereocenters. The molecule has 16 heavy (non-hydrogen) atoms. The molecule has 1 rings (SSSR count). The highest BCUT2D eigenvalue weighted by atomic mass is 79.9. The van der Waals surface area contributed by atoms with Crippen molar-refractivity contribution >= 4 is 21.7 Å². The van der Waals surface area contributed by atoms with Crippen molar-refractivity contribution in [1.29, 1.82) is 0 Å². The Labute approximate surface area is 104 Å². The topological polar surface area (TPSA) is 55.1 Å². The Bertz CT molecular complexity index is 388. The van der Waals surface area contributed by atoms with E-state index < -0.39 is 0 Å². The molecular weight excluding hydrogens is 272 g/mol. The molecule has 0 spiro atoms. The van der Waals surface area contributed by atoms with Crippen LogP contribution in [-0.2, 0) is 18.3 Å². The molecule has 5 heteroatoms. The standard InChI is InChI=1S/C11H17BrN2O2/c1-7-11(12)10(14(3)13-7)6-9(4-5-15)8(2)16/h9,15H,4-6H2,1-3H3. The van der Waals surface area contributed by atoms with Crippen LogP contribution in [-0.4, -0.2) is 27.3 Å². The maximum atomic E-state index is 11.4. The fourth-order valence-electron chi connectivity index (χ4n) is 1.74. The third kappa shape index (κ3) is 2.92. The SMILES string of the molecule is CC(=O)C(CCO)Cc1c(Br)c(C)nn1C. The summed E-state index contributed by atoms with van der Waals surface area (Å²) in [6.07, 6.45) is 1.12. The molecule has 1 N–H and O–H groups in total. The lowest BCUT2D eigenvalue weighted by molar-refractivity contribution is -0.121. The highest BCUT2D eigenvalue weighted by molar-refractivity contribution is 9.10. The molecule has 4 nitrogen and oxygen atoms in total. The van der Waals surface area contributed by atoms with Gasteiger partial charge in [-0.2, -0.15) is 5.10 Å². The van der Waals surface area contributed by atoms with E-state index in [2.05, 4.69) is 21.0 Å². The normalized spacial score (nSPS) is 12.8. The van der Waals surface area contributed by atoms with Crippen LogP contribution in [0, 0.1) is 12.8 Å². The Morgan fingerprint density at radius 1 is 1.62 bits per heavy atom. The molecule has 0 aliphatic carbocycles. The van der Waals surface area contributed by atoms with Gasteiger partial charge in [-0.15, -0.1) is 0 Å². The summed E-state index contributed by atoms with van der Waals surface area (Å²) >= 11 is 3.47. The zero-order valence-corrected chi connectivity index (χ0v) is 11.4. The van der Waals surface area contributed by atoms with E-state index in [0.29, 0.717) is 12.8 Å². The van der Waals surface area contributed by atoms with Crippen LogP contribution in [0.1, 0.15) is 24.7 Å². The van der Waals surface area contributed by atoms with Crippen LogP contribution in [0.3, 0.4) is 0 Å². The zero-order valence-electron chi connectivity index (χ0n) is 9.83. The first kappa shape index (κ1) is 13.4. The molecule has 0 aliphatic heterocycles. The van der Waals surface area contributed by atoms with Crippen molar-refractivity contribution < 1.29 is 9.90 Å². The van der Waals surface area contributed by atoms with Crippen molar-refractivity contribution in [3.63, 3.8) is 0 Å². The van der Waals surface area contributed by atoms with Gasteiger partial charge < -0.3 is 5.11 Å². The average molecular weight is 289 g/mol. The van der Waals surface area contributed by atoms with Crippen LogP contribution in [0.4, 0.5) is 0 Å². The molecular formula is C11H17BrN2O2. The lowest BCUT2D eigenvalue weighted by Gasteiger charge is -2.12. The quantitative estimate of drug-likeness (QED) is 0.896. The third-order valence-electron chi connectivity index (χ3n) is 2.75. The number of hydrogen-bond acceptors (Lipinski definition) is 3. The lowest BCUT2D eigenvalue weighted by atomic mass is 9.96. The largest absolute Gasteiger partial charge is 0.396 e. The number of carbonyl (C=O) groups excluding carboxylic acids is 1. The molecule has 0 aromatic carbocycles. The molecule has 0 saturated heterocycles. The predicted octanol–water partition coefficient (Wildman–Crippen LogP) is 1.62.